The van der Waals surface area contributed by atoms with Crippen molar-refractivity contribution >= 4 is 45.0 Å². The highest BCUT2D eigenvalue weighted by atomic mass is 79.9. The Morgan fingerprint density at radius 2 is 1.83 bits per heavy atom. The molecule has 1 aliphatic heterocycles. The molecule has 1 N–H and O–H groups in total. The zero-order valence-corrected chi connectivity index (χ0v) is 19.1. The van der Waals surface area contributed by atoms with Gasteiger partial charge in [0.05, 0.1) is 17.7 Å². The summed E-state index contributed by atoms with van der Waals surface area (Å²) in [5.41, 5.74) is 1.10. The summed E-state index contributed by atoms with van der Waals surface area (Å²) in [5.74, 6) is -1.58. The molecule has 0 radical (unpaired) electrons. The SMILES string of the molecule is CC(C)OCCCN1C(=O)C(=O)C(=C(O)c2ccc(Br)cc2)[C@H]1c1ccccc1Cl. The van der Waals surface area contributed by atoms with Gasteiger partial charge in [-0.25, -0.2) is 0 Å². The fourth-order valence-electron chi connectivity index (χ4n) is 3.45. The lowest BCUT2D eigenvalue weighted by Crippen LogP contribution is -2.31. The maximum absolute atomic E-state index is 12.9. The number of halogens is 2. The first-order chi connectivity index (χ1) is 14.3. The normalized spacial score (nSPS) is 18.4. The number of hydrogen-bond donors (Lipinski definition) is 1. The van der Waals surface area contributed by atoms with E-state index in [2.05, 4.69) is 15.9 Å². The highest BCUT2D eigenvalue weighted by Crippen LogP contribution is 2.41. The van der Waals surface area contributed by atoms with E-state index in [1.807, 2.05) is 13.8 Å². The van der Waals surface area contributed by atoms with Crippen molar-refractivity contribution in [1.82, 2.24) is 4.90 Å². The Bertz CT molecular complexity index is 971. The molecule has 0 bridgehead atoms. The van der Waals surface area contributed by atoms with Crippen molar-refractivity contribution in [2.24, 2.45) is 0 Å². The molecule has 1 amide bonds. The Kier molecular flexibility index (Phi) is 7.34. The standard InChI is InChI=1S/C23H23BrClNO4/c1-14(2)30-13-5-12-26-20(17-6-3-4-7-18(17)25)19(22(28)23(26)29)21(27)15-8-10-16(24)11-9-15/h3-4,6-11,14,20,27H,5,12-13H2,1-2H3/t20-/m1/s1. The second kappa shape index (κ2) is 9.77. The maximum Gasteiger partial charge on any atom is 0.295 e. The van der Waals surface area contributed by atoms with E-state index in [1.54, 1.807) is 48.5 Å². The minimum Gasteiger partial charge on any atom is -0.507 e. The van der Waals surface area contributed by atoms with Crippen LogP contribution in [0.4, 0.5) is 0 Å². The summed E-state index contributed by atoms with van der Waals surface area (Å²) in [6.07, 6.45) is 0.641. The first-order valence-electron chi connectivity index (χ1n) is 9.71. The summed E-state index contributed by atoms with van der Waals surface area (Å²) >= 11 is 9.78. The lowest BCUT2D eigenvalue weighted by molar-refractivity contribution is -0.140. The van der Waals surface area contributed by atoms with Gasteiger partial charge in [-0.15, -0.1) is 0 Å². The number of benzene rings is 2. The van der Waals surface area contributed by atoms with Gasteiger partial charge in [0.1, 0.15) is 5.76 Å². The van der Waals surface area contributed by atoms with Crippen LogP contribution in [0.15, 0.2) is 58.6 Å². The molecular formula is C23H23BrClNO4. The average molecular weight is 493 g/mol. The third-order valence-electron chi connectivity index (χ3n) is 4.85. The van der Waals surface area contributed by atoms with Crippen LogP contribution < -0.4 is 0 Å². The molecule has 158 valence electrons. The number of likely N-dealkylation sites (tertiary alicyclic amines) is 1. The van der Waals surface area contributed by atoms with Crippen LogP contribution in [0, 0.1) is 0 Å². The molecule has 30 heavy (non-hydrogen) atoms. The van der Waals surface area contributed by atoms with Crippen molar-refractivity contribution < 1.29 is 19.4 Å². The van der Waals surface area contributed by atoms with E-state index in [4.69, 9.17) is 16.3 Å². The number of carbonyl (C=O) groups is 2. The van der Waals surface area contributed by atoms with E-state index in [0.29, 0.717) is 35.7 Å². The van der Waals surface area contributed by atoms with E-state index in [0.717, 1.165) is 4.47 Å². The summed E-state index contributed by atoms with van der Waals surface area (Å²) in [6, 6.07) is 13.2. The topological polar surface area (TPSA) is 66.8 Å². The third-order valence-corrected chi connectivity index (χ3v) is 5.72. The number of ether oxygens (including phenoxy) is 1. The van der Waals surface area contributed by atoms with Gasteiger partial charge >= 0.3 is 0 Å². The van der Waals surface area contributed by atoms with Gasteiger partial charge in [-0.05, 0) is 44.0 Å². The molecule has 1 heterocycles. The van der Waals surface area contributed by atoms with Crippen molar-refractivity contribution in [3.63, 3.8) is 0 Å². The molecule has 0 aliphatic carbocycles. The largest absolute Gasteiger partial charge is 0.507 e. The number of Topliss-reactive ketones (excluding diaryl/α,β-unsaturated/α-hetero) is 1. The molecule has 7 heteroatoms. The van der Waals surface area contributed by atoms with E-state index in [-0.39, 0.29) is 17.4 Å². The molecule has 2 aromatic carbocycles. The Labute approximate surface area is 189 Å². The van der Waals surface area contributed by atoms with E-state index in [1.165, 1.54) is 4.90 Å². The molecule has 0 aromatic heterocycles. The Hall–Kier alpha value is -2.15. The highest BCUT2D eigenvalue weighted by molar-refractivity contribution is 9.10. The van der Waals surface area contributed by atoms with Crippen molar-refractivity contribution in [3.8, 4) is 0 Å². The minimum atomic E-state index is -0.763. The Morgan fingerprint density at radius 3 is 2.47 bits per heavy atom. The van der Waals surface area contributed by atoms with Gasteiger partial charge in [0.2, 0.25) is 0 Å². The second-order valence-electron chi connectivity index (χ2n) is 7.29. The van der Waals surface area contributed by atoms with Crippen molar-refractivity contribution in [2.45, 2.75) is 32.4 Å². The fraction of sp³-hybridized carbons (Fsp3) is 0.304. The number of nitrogens with zero attached hydrogens (tertiary/aromatic N) is 1. The first kappa shape index (κ1) is 22.5. The van der Waals surface area contributed by atoms with Crippen LogP contribution in [0.3, 0.4) is 0 Å². The van der Waals surface area contributed by atoms with Gasteiger partial charge in [0.25, 0.3) is 11.7 Å². The molecule has 2 aromatic rings. The molecule has 0 saturated carbocycles. The molecule has 0 unspecified atom stereocenters. The van der Waals surface area contributed by atoms with Crippen molar-refractivity contribution in [3.05, 3.63) is 74.7 Å². The fourth-order valence-corrected chi connectivity index (χ4v) is 3.95. The van der Waals surface area contributed by atoms with Gasteiger partial charge < -0.3 is 14.7 Å². The number of rotatable bonds is 7. The Morgan fingerprint density at radius 1 is 1.17 bits per heavy atom. The van der Waals surface area contributed by atoms with Crippen molar-refractivity contribution in [2.75, 3.05) is 13.2 Å². The number of aliphatic hydroxyl groups is 1. The molecule has 1 atom stereocenters. The number of amides is 1. The minimum absolute atomic E-state index is 0.0419. The number of carbonyl (C=O) groups excluding carboxylic acids is 2. The molecule has 1 saturated heterocycles. The van der Waals surface area contributed by atoms with Crippen molar-refractivity contribution in [1.29, 1.82) is 0 Å². The van der Waals surface area contributed by atoms with Gasteiger partial charge in [0, 0.05) is 28.2 Å². The highest BCUT2D eigenvalue weighted by Gasteiger charge is 2.46. The predicted octanol–water partition coefficient (Wildman–Crippen LogP) is 5.34. The summed E-state index contributed by atoms with van der Waals surface area (Å²) in [4.78, 5) is 27.3. The zero-order chi connectivity index (χ0) is 21.8. The van der Waals surface area contributed by atoms with Gasteiger partial charge in [0.15, 0.2) is 0 Å². The second-order valence-corrected chi connectivity index (χ2v) is 8.62. The lowest BCUT2D eigenvalue weighted by atomic mass is 9.95. The molecule has 5 nitrogen and oxygen atoms in total. The van der Waals surface area contributed by atoms with E-state index >= 15 is 0 Å². The van der Waals surface area contributed by atoms with Gasteiger partial charge in [-0.2, -0.15) is 0 Å². The maximum atomic E-state index is 12.9. The number of aliphatic hydroxyl groups excluding tert-OH is 1. The quantitative estimate of drug-likeness (QED) is 0.245. The van der Waals surface area contributed by atoms with Crippen LogP contribution in [0.25, 0.3) is 5.76 Å². The summed E-state index contributed by atoms with van der Waals surface area (Å²) < 4.78 is 6.41. The third kappa shape index (κ3) is 4.77. The number of ketones is 1. The first-order valence-corrected chi connectivity index (χ1v) is 10.9. The van der Waals surface area contributed by atoms with Crippen LogP contribution in [0.2, 0.25) is 5.02 Å². The van der Waals surface area contributed by atoms with Crippen LogP contribution in [0.1, 0.15) is 37.4 Å². The summed E-state index contributed by atoms with van der Waals surface area (Å²) in [5, 5.41) is 11.4. The van der Waals surface area contributed by atoms with Gasteiger partial charge in [-0.3, -0.25) is 9.59 Å². The average Bonchev–Trinajstić information content (AvgIpc) is 2.96. The molecular weight excluding hydrogens is 470 g/mol. The lowest BCUT2D eigenvalue weighted by Gasteiger charge is -2.26. The van der Waals surface area contributed by atoms with Crippen LogP contribution in [-0.2, 0) is 14.3 Å². The molecule has 1 aliphatic rings. The molecule has 3 rings (SSSR count). The monoisotopic (exact) mass is 491 g/mol. The zero-order valence-electron chi connectivity index (χ0n) is 16.8. The smallest absolute Gasteiger partial charge is 0.295 e. The van der Waals surface area contributed by atoms with Crippen LogP contribution >= 0.6 is 27.5 Å². The number of hydrogen-bond acceptors (Lipinski definition) is 4. The van der Waals surface area contributed by atoms with Crippen LogP contribution in [0.5, 0.6) is 0 Å². The molecule has 0 spiro atoms. The van der Waals surface area contributed by atoms with E-state index in [9.17, 15) is 14.7 Å². The predicted molar refractivity (Wildman–Crippen MR) is 120 cm³/mol. The molecule has 1 fully saturated rings. The Balaban J connectivity index is 2.04. The summed E-state index contributed by atoms with van der Waals surface area (Å²) in [6.45, 7) is 4.65. The van der Waals surface area contributed by atoms with Gasteiger partial charge in [-0.1, -0.05) is 57.9 Å². The van der Waals surface area contributed by atoms with Crippen LogP contribution in [-0.4, -0.2) is 41.0 Å². The summed E-state index contributed by atoms with van der Waals surface area (Å²) in [7, 11) is 0. The van der Waals surface area contributed by atoms with E-state index < -0.39 is 17.7 Å².